The Hall–Kier alpha value is -1.47. The van der Waals surface area contributed by atoms with E-state index in [1.54, 1.807) is 38.1 Å². The van der Waals surface area contributed by atoms with Crippen LogP contribution in [-0.4, -0.2) is 20.7 Å². The lowest BCUT2D eigenvalue weighted by Crippen LogP contribution is -2.04. The number of sulfone groups is 1. The van der Waals surface area contributed by atoms with Gasteiger partial charge in [0.1, 0.15) is 0 Å². The van der Waals surface area contributed by atoms with Crippen molar-refractivity contribution in [2.75, 3.05) is 17.6 Å². The lowest BCUT2D eigenvalue weighted by molar-refractivity contribution is 0.597. The molecule has 16 heavy (non-hydrogen) atoms. The highest BCUT2D eigenvalue weighted by molar-refractivity contribution is 7.91. The summed E-state index contributed by atoms with van der Waals surface area (Å²) in [6.07, 6.45) is 0. The molecular formula is C12H15NO2S. The normalized spacial score (nSPS) is 10.4. The van der Waals surface area contributed by atoms with E-state index >= 15 is 0 Å². The first-order valence-corrected chi connectivity index (χ1v) is 6.71. The van der Waals surface area contributed by atoms with Crippen molar-refractivity contribution in [3.63, 3.8) is 0 Å². The molecule has 0 unspecified atom stereocenters. The van der Waals surface area contributed by atoms with E-state index < -0.39 is 9.84 Å². The largest absolute Gasteiger partial charge is 0.374 e. The highest BCUT2D eigenvalue weighted by atomic mass is 32.2. The van der Waals surface area contributed by atoms with Crippen LogP contribution in [0.1, 0.15) is 13.8 Å². The molecule has 0 spiro atoms. The third kappa shape index (κ3) is 3.28. The molecular weight excluding hydrogens is 222 g/mol. The lowest BCUT2D eigenvalue weighted by atomic mass is 10.3. The highest BCUT2D eigenvalue weighted by Crippen LogP contribution is 2.14. The molecule has 86 valence electrons. The van der Waals surface area contributed by atoms with Crippen LogP contribution in [0.3, 0.4) is 0 Å². The molecule has 0 aliphatic heterocycles. The zero-order valence-corrected chi connectivity index (χ0v) is 10.3. The first-order chi connectivity index (χ1) is 7.60. The molecule has 0 saturated carbocycles. The number of hydrogen-bond acceptors (Lipinski definition) is 3. The summed E-state index contributed by atoms with van der Waals surface area (Å²) < 4.78 is 23.1. The minimum absolute atomic E-state index is 0.126. The Labute approximate surface area is 96.8 Å². The van der Waals surface area contributed by atoms with E-state index in [9.17, 15) is 8.42 Å². The van der Waals surface area contributed by atoms with Crippen LogP contribution in [0.5, 0.6) is 0 Å². The van der Waals surface area contributed by atoms with E-state index in [1.807, 2.05) is 0 Å². The minimum atomic E-state index is -3.10. The summed E-state index contributed by atoms with van der Waals surface area (Å²) >= 11 is 0. The number of anilines is 1. The smallest absolute Gasteiger partial charge is 0.178 e. The Kier molecular flexibility index (Phi) is 4.39. The zero-order chi connectivity index (χ0) is 12.0. The quantitative estimate of drug-likeness (QED) is 0.814. The fourth-order valence-electron chi connectivity index (χ4n) is 1.18. The third-order valence-electron chi connectivity index (χ3n) is 2.15. The van der Waals surface area contributed by atoms with Crippen molar-refractivity contribution < 1.29 is 8.42 Å². The van der Waals surface area contributed by atoms with Gasteiger partial charge in [0, 0.05) is 5.69 Å². The highest BCUT2D eigenvalue weighted by Gasteiger charge is 2.10. The van der Waals surface area contributed by atoms with Gasteiger partial charge in [0.25, 0.3) is 0 Å². The van der Waals surface area contributed by atoms with E-state index in [2.05, 4.69) is 17.2 Å². The summed E-state index contributed by atoms with van der Waals surface area (Å²) in [5.74, 6) is 5.77. The molecule has 0 radical (unpaired) electrons. The molecule has 0 heterocycles. The summed E-state index contributed by atoms with van der Waals surface area (Å²) in [5, 5.41) is 3.07. The van der Waals surface area contributed by atoms with Gasteiger partial charge in [-0.1, -0.05) is 12.8 Å². The molecule has 1 N–H and O–H groups in total. The topological polar surface area (TPSA) is 46.2 Å². The fraction of sp³-hybridized carbons (Fsp3) is 0.333. The van der Waals surface area contributed by atoms with E-state index in [0.717, 1.165) is 5.69 Å². The first-order valence-electron chi connectivity index (χ1n) is 5.06. The lowest BCUT2D eigenvalue weighted by Gasteiger charge is -2.04. The third-order valence-corrected chi connectivity index (χ3v) is 3.90. The molecule has 4 heteroatoms. The van der Waals surface area contributed by atoms with Crippen LogP contribution in [0.4, 0.5) is 5.69 Å². The molecule has 0 atom stereocenters. The summed E-state index contributed by atoms with van der Waals surface area (Å²) in [7, 11) is -3.10. The van der Waals surface area contributed by atoms with Gasteiger partial charge in [-0.15, -0.1) is 5.92 Å². The van der Waals surface area contributed by atoms with Crippen LogP contribution in [0.25, 0.3) is 0 Å². The number of nitrogens with one attached hydrogen (secondary N) is 1. The van der Waals surface area contributed by atoms with Gasteiger partial charge in [0.15, 0.2) is 9.84 Å². The Balaban J connectivity index is 2.78. The predicted molar refractivity (Wildman–Crippen MR) is 66.1 cm³/mol. The molecule has 0 aliphatic carbocycles. The van der Waals surface area contributed by atoms with Gasteiger partial charge >= 0.3 is 0 Å². The van der Waals surface area contributed by atoms with Gasteiger partial charge in [-0.3, -0.25) is 0 Å². The molecule has 3 nitrogen and oxygen atoms in total. The summed E-state index contributed by atoms with van der Waals surface area (Å²) in [6.45, 7) is 3.98. The summed E-state index contributed by atoms with van der Waals surface area (Å²) in [6, 6.07) is 6.72. The van der Waals surface area contributed by atoms with Crippen molar-refractivity contribution in [1.82, 2.24) is 0 Å². The van der Waals surface area contributed by atoms with E-state index in [0.29, 0.717) is 11.4 Å². The van der Waals surface area contributed by atoms with Crippen LogP contribution in [0.15, 0.2) is 29.2 Å². The van der Waals surface area contributed by atoms with Crippen LogP contribution in [-0.2, 0) is 9.84 Å². The molecule has 0 amide bonds. The zero-order valence-electron chi connectivity index (χ0n) is 9.45. The first kappa shape index (κ1) is 12.6. The number of rotatable bonds is 4. The van der Waals surface area contributed by atoms with Crippen LogP contribution in [0, 0.1) is 11.8 Å². The maximum absolute atomic E-state index is 11.5. The second kappa shape index (κ2) is 5.57. The van der Waals surface area contributed by atoms with E-state index in [4.69, 9.17) is 0 Å². The Morgan fingerprint density at radius 3 is 2.38 bits per heavy atom. The predicted octanol–water partition coefficient (Wildman–Crippen LogP) is 1.92. The van der Waals surface area contributed by atoms with Crippen LogP contribution >= 0.6 is 0 Å². The maximum Gasteiger partial charge on any atom is 0.178 e. The molecule has 0 aliphatic rings. The molecule has 1 rings (SSSR count). The van der Waals surface area contributed by atoms with Gasteiger partial charge in [0.2, 0.25) is 0 Å². The molecule has 0 saturated heterocycles. The average Bonchev–Trinajstić information content (AvgIpc) is 2.30. The fourth-order valence-corrected chi connectivity index (χ4v) is 2.07. The van der Waals surface area contributed by atoms with Gasteiger partial charge in [-0.2, -0.15) is 0 Å². The van der Waals surface area contributed by atoms with Gasteiger partial charge < -0.3 is 5.32 Å². The average molecular weight is 237 g/mol. The minimum Gasteiger partial charge on any atom is -0.374 e. The molecule has 0 fully saturated rings. The standard InChI is InChI=1S/C12H15NO2S/c1-3-5-10-13-11-6-8-12(9-7-11)16(14,15)4-2/h6-9,13H,4,10H2,1-2H3. The van der Waals surface area contributed by atoms with Crippen molar-refractivity contribution in [3.8, 4) is 11.8 Å². The monoisotopic (exact) mass is 237 g/mol. The SMILES string of the molecule is CC#CCNc1ccc(S(=O)(=O)CC)cc1. The summed E-state index contributed by atoms with van der Waals surface area (Å²) in [4.78, 5) is 0.363. The van der Waals surface area contributed by atoms with Crippen molar-refractivity contribution in [2.24, 2.45) is 0 Å². The molecule has 0 bridgehead atoms. The molecule has 0 aromatic heterocycles. The Morgan fingerprint density at radius 2 is 1.88 bits per heavy atom. The molecule has 1 aromatic carbocycles. The van der Waals surface area contributed by atoms with Crippen molar-refractivity contribution in [1.29, 1.82) is 0 Å². The van der Waals surface area contributed by atoms with Crippen molar-refractivity contribution in [3.05, 3.63) is 24.3 Å². The van der Waals surface area contributed by atoms with E-state index in [-0.39, 0.29) is 5.75 Å². The van der Waals surface area contributed by atoms with Crippen molar-refractivity contribution >= 4 is 15.5 Å². The summed E-state index contributed by atoms with van der Waals surface area (Å²) in [5.41, 5.74) is 0.873. The second-order valence-corrected chi connectivity index (χ2v) is 5.49. The second-order valence-electron chi connectivity index (χ2n) is 3.21. The van der Waals surface area contributed by atoms with Crippen molar-refractivity contribution in [2.45, 2.75) is 18.7 Å². The number of hydrogen-bond donors (Lipinski definition) is 1. The van der Waals surface area contributed by atoms with Crippen LogP contribution in [0.2, 0.25) is 0 Å². The van der Waals surface area contributed by atoms with Gasteiger partial charge in [0.05, 0.1) is 17.2 Å². The van der Waals surface area contributed by atoms with Gasteiger partial charge in [-0.25, -0.2) is 8.42 Å². The van der Waals surface area contributed by atoms with E-state index in [1.165, 1.54) is 0 Å². The Bertz CT molecular complexity index is 492. The Morgan fingerprint density at radius 1 is 1.25 bits per heavy atom. The maximum atomic E-state index is 11.5. The van der Waals surface area contributed by atoms with Gasteiger partial charge in [-0.05, 0) is 31.2 Å². The number of benzene rings is 1. The van der Waals surface area contributed by atoms with Crippen LogP contribution < -0.4 is 5.32 Å². The molecule has 1 aromatic rings.